The van der Waals surface area contributed by atoms with Crippen LogP contribution in [0.5, 0.6) is 0 Å². The molecule has 1 amide bonds. The number of carbonyl (C=O) groups is 1. The van der Waals surface area contributed by atoms with Crippen LogP contribution in [-0.2, 0) is 4.79 Å². The lowest BCUT2D eigenvalue weighted by Gasteiger charge is -2.36. The smallest absolute Gasteiger partial charge is 0.222 e. The fourth-order valence-corrected chi connectivity index (χ4v) is 1.45. The lowest BCUT2D eigenvalue weighted by atomic mass is 9.81. The van der Waals surface area contributed by atoms with Crippen LogP contribution in [0.4, 0.5) is 0 Å². The Balaban J connectivity index is 2.62. The molecule has 3 heteroatoms. The fraction of sp³-hybridized carbons (Fsp3) is 0.889. The van der Waals surface area contributed by atoms with Crippen molar-refractivity contribution in [2.75, 3.05) is 0 Å². The first-order chi connectivity index (χ1) is 5.39. The number of aliphatic hydroxyl groups excluding tert-OH is 1. The molecule has 2 unspecified atom stereocenters. The van der Waals surface area contributed by atoms with E-state index in [0.717, 1.165) is 0 Å². The molecule has 0 aromatic rings. The minimum Gasteiger partial charge on any atom is -0.393 e. The molecular formula is C9H17NO2. The molecule has 1 aliphatic rings. The van der Waals surface area contributed by atoms with E-state index in [0.29, 0.717) is 6.42 Å². The van der Waals surface area contributed by atoms with E-state index in [4.69, 9.17) is 0 Å². The second-order valence-corrected chi connectivity index (χ2v) is 4.58. The minimum absolute atomic E-state index is 0.0336. The van der Waals surface area contributed by atoms with E-state index in [2.05, 4.69) is 26.1 Å². The molecule has 0 aromatic carbocycles. The lowest BCUT2D eigenvalue weighted by Crippen LogP contribution is -2.50. The maximum Gasteiger partial charge on any atom is 0.222 e. The van der Waals surface area contributed by atoms with Gasteiger partial charge in [0, 0.05) is 6.04 Å². The van der Waals surface area contributed by atoms with Crippen LogP contribution in [0.2, 0.25) is 0 Å². The second kappa shape index (κ2) is 3.05. The van der Waals surface area contributed by atoms with Gasteiger partial charge in [-0.05, 0) is 11.8 Å². The zero-order valence-corrected chi connectivity index (χ0v) is 7.92. The molecule has 0 radical (unpaired) electrons. The molecule has 1 fully saturated rings. The van der Waals surface area contributed by atoms with Crippen LogP contribution in [0.1, 0.15) is 33.6 Å². The second-order valence-electron chi connectivity index (χ2n) is 4.58. The summed E-state index contributed by atoms with van der Waals surface area (Å²) in [5.74, 6) is -0.0336. The SMILES string of the molecule is CC(C)(C)C1CC(O)CC(=O)N1. The molecule has 3 nitrogen and oxygen atoms in total. The van der Waals surface area contributed by atoms with Crippen molar-refractivity contribution < 1.29 is 9.90 Å². The quantitative estimate of drug-likeness (QED) is 0.563. The largest absolute Gasteiger partial charge is 0.393 e. The van der Waals surface area contributed by atoms with E-state index in [9.17, 15) is 9.90 Å². The van der Waals surface area contributed by atoms with Gasteiger partial charge in [0.2, 0.25) is 5.91 Å². The number of amides is 1. The Labute approximate surface area is 73.2 Å². The van der Waals surface area contributed by atoms with Crippen molar-refractivity contribution in [3.63, 3.8) is 0 Å². The van der Waals surface area contributed by atoms with Crippen LogP contribution in [0.15, 0.2) is 0 Å². The first kappa shape index (κ1) is 9.52. The third-order valence-electron chi connectivity index (χ3n) is 2.31. The van der Waals surface area contributed by atoms with Crippen LogP contribution in [0, 0.1) is 5.41 Å². The molecule has 2 atom stereocenters. The van der Waals surface area contributed by atoms with Gasteiger partial charge in [-0.3, -0.25) is 4.79 Å². The third-order valence-corrected chi connectivity index (χ3v) is 2.31. The summed E-state index contributed by atoms with van der Waals surface area (Å²) in [6.45, 7) is 6.20. The third kappa shape index (κ3) is 2.21. The van der Waals surface area contributed by atoms with E-state index in [1.54, 1.807) is 0 Å². The van der Waals surface area contributed by atoms with Crippen LogP contribution < -0.4 is 5.32 Å². The number of hydrogen-bond acceptors (Lipinski definition) is 2. The molecule has 2 N–H and O–H groups in total. The number of carbonyl (C=O) groups excluding carboxylic acids is 1. The highest BCUT2D eigenvalue weighted by molar-refractivity contribution is 5.77. The summed E-state index contributed by atoms with van der Waals surface area (Å²) in [5.41, 5.74) is 0.0388. The van der Waals surface area contributed by atoms with E-state index in [1.165, 1.54) is 0 Å². The van der Waals surface area contributed by atoms with Gasteiger partial charge in [0.15, 0.2) is 0 Å². The van der Waals surface area contributed by atoms with Crippen LogP contribution in [0.3, 0.4) is 0 Å². The Kier molecular flexibility index (Phi) is 2.42. The lowest BCUT2D eigenvalue weighted by molar-refractivity contribution is -0.127. The van der Waals surface area contributed by atoms with Gasteiger partial charge >= 0.3 is 0 Å². The average molecular weight is 171 g/mol. The van der Waals surface area contributed by atoms with Gasteiger partial charge in [-0.25, -0.2) is 0 Å². The van der Waals surface area contributed by atoms with Gasteiger partial charge in [-0.2, -0.15) is 0 Å². The predicted octanol–water partition coefficient (Wildman–Crippen LogP) is 0.672. The van der Waals surface area contributed by atoms with Crippen molar-refractivity contribution >= 4 is 5.91 Å². The zero-order valence-electron chi connectivity index (χ0n) is 7.92. The van der Waals surface area contributed by atoms with Gasteiger partial charge in [0.25, 0.3) is 0 Å². The number of nitrogens with one attached hydrogen (secondary N) is 1. The van der Waals surface area contributed by atoms with E-state index >= 15 is 0 Å². The average Bonchev–Trinajstić information content (AvgIpc) is 1.82. The van der Waals surface area contributed by atoms with Crippen molar-refractivity contribution in [2.24, 2.45) is 5.41 Å². The molecule has 1 saturated heterocycles. The normalized spacial score (nSPS) is 31.5. The highest BCUT2D eigenvalue weighted by Gasteiger charge is 2.32. The first-order valence-electron chi connectivity index (χ1n) is 4.37. The van der Waals surface area contributed by atoms with Gasteiger partial charge in [-0.1, -0.05) is 20.8 Å². The van der Waals surface area contributed by atoms with E-state index in [-0.39, 0.29) is 23.8 Å². The van der Waals surface area contributed by atoms with E-state index < -0.39 is 6.10 Å². The first-order valence-corrected chi connectivity index (χ1v) is 4.37. The molecule has 0 aromatic heterocycles. The highest BCUT2D eigenvalue weighted by atomic mass is 16.3. The topological polar surface area (TPSA) is 49.3 Å². The number of hydrogen-bond donors (Lipinski definition) is 2. The van der Waals surface area contributed by atoms with Gasteiger partial charge in [0.05, 0.1) is 12.5 Å². The molecule has 1 heterocycles. The summed E-state index contributed by atoms with van der Waals surface area (Å²) < 4.78 is 0. The molecule has 70 valence electrons. The summed E-state index contributed by atoms with van der Waals surface area (Å²) in [4.78, 5) is 11.1. The summed E-state index contributed by atoms with van der Waals surface area (Å²) in [6.07, 6.45) is 0.477. The number of aliphatic hydroxyl groups is 1. The summed E-state index contributed by atoms with van der Waals surface area (Å²) >= 11 is 0. The fourth-order valence-electron chi connectivity index (χ4n) is 1.45. The van der Waals surface area contributed by atoms with E-state index in [1.807, 2.05) is 0 Å². The highest BCUT2D eigenvalue weighted by Crippen LogP contribution is 2.26. The zero-order chi connectivity index (χ0) is 9.35. The maximum absolute atomic E-state index is 11.1. The van der Waals surface area contributed by atoms with Gasteiger partial charge in [0.1, 0.15) is 0 Å². The summed E-state index contributed by atoms with van der Waals surface area (Å²) in [5, 5.41) is 12.2. The molecule has 0 aliphatic carbocycles. The standard InChI is InChI=1S/C9H17NO2/c1-9(2,3)7-4-6(11)5-8(12)10-7/h6-7,11H,4-5H2,1-3H3,(H,10,12). The maximum atomic E-state index is 11.1. The number of piperidine rings is 1. The minimum atomic E-state index is -0.456. The van der Waals surface area contributed by atoms with Crippen LogP contribution in [-0.4, -0.2) is 23.2 Å². The van der Waals surface area contributed by atoms with Crippen LogP contribution >= 0.6 is 0 Å². The van der Waals surface area contributed by atoms with Crippen molar-refractivity contribution in [3.8, 4) is 0 Å². The van der Waals surface area contributed by atoms with Crippen molar-refractivity contribution in [1.82, 2.24) is 5.32 Å². The Morgan fingerprint density at radius 2 is 2.08 bits per heavy atom. The Morgan fingerprint density at radius 3 is 2.50 bits per heavy atom. The monoisotopic (exact) mass is 171 g/mol. The predicted molar refractivity (Wildman–Crippen MR) is 46.6 cm³/mol. The van der Waals surface area contributed by atoms with Crippen molar-refractivity contribution in [1.29, 1.82) is 0 Å². The molecule has 0 spiro atoms. The van der Waals surface area contributed by atoms with Gasteiger partial charge < -0.3 is 10.4 Å². The summed E-state index contributed by atoms with van der Waals surface area (Å²) in [6, 6.07) is 0.105. The molecule has 0 saturated carbocycles. The molecule has 1 rings (SSSR count). The Hall–Kier alpha value is -0.570. The molecule has 1 aliphatic heterocycles. The Bertz CT molecular complexity index is 183. The molecule has 0 bridgehead atoms. The van der Waals surface area contributed by atoms with Gasteiger partial charge in [-0.15, -0.1) is 0 Å². The van der Waals surface area contributed by atoms with Crippen molar-refractivity contribution in [2.45, 2.75) is 45.8 Å². The van der Waals surface area contributed by atoms with Crippen LogP contribution in [0.25, 0.3) is 0 Å². The summed E-state index contributed by atoms with van der Waals surface area (Å²) in [7, 11) is 0. The van der Waals surface area contributed by atoms with Crippen molar-refractivity contribution in [3.05, 3.63) is 0 Å². The molecular weight excluding hydrogens is 154 g/mol. The Morgan fingerprint density at radius 1 is 1.50 bits per heavy atom. The number of rotatable bonds is 0. The molecule has 12 heavy (non-hydrogen) atoms.